The number of H-pyrrole nitrogens is 2. The van der Waals surface area contributed by atoms with E-state index in [4.69, 9.17) is 28.4 Å². The number of aromatic nitrogens is 6. The van der Waals surface area contributed by atoms with Crippen molar-refractivity contribution in [1.29, 1.82) is 15.8 Å². The lowest BCUT2D eigenvalue weighted by molar-refractivity contribution is -0.0660. The van der Waals surface area contributed by atoms with Gasteiger partial charge in [0.1, 0.15) is 72.1 Å². The fraction of sp³-hybridized carbons (Fsp3) is 0.372. The number of alkyl halides is 2. The summed E-state index contributed by atoms with van der Waals surface area (Å²) in [6.45, 7) is 14.9. The molecule has 6 aromatic carbocycles. The van der Waals surface area contributed by atoms with E-state index >= 15 is 0 Å². The van der Waals surface area contributed by atoms with Gasteiger partial charge in [-0.05, 0) is 234 Å². The molecule has 1 saturated carbocycles. The first-order chi connectivity index (χ1) is 58.7. The number of likely N-dealkylation sites (tertiary alicyclic amines) is 1. The Kier molecular flexibility index (Phi) is 24.7. The van der Waals surface area contributed by atoms with Crippen molar-refractivity contribution in [2.75, 3.05) is 146 Å². The number of fused-ring (bicyclic) bond motifs is 3. The lowest BCUT2D eigenvalue weighted by Gasteiger charge is -2.43. The molecule has 6 saturated heterocycles. The molecular weight excluding hydrogens is 1540 g/mol. The van der Waals surface area contributed by atoms with Gasteiger partial charge in [-0.15, -0.1) is 0 Å². The number of methoxy groups -OCH3 is 1. The molecule has 6 aliphatic heterocycles. The third-order valence-electron chi connectivity index (χ3n) is 24.1. The maximum Gasteiger partial charge on any atom is 0.251 e. The molecule has 3 N–H and O–H groups in total. The quantitative estimate of drug-likeness (QED) is 0.0537. The van der Waals surface area contributed by atoms with E-state index in [1.165, 1.54) is 38.8 Å². The zero-order chi connectivity index (χ0) is 82.1. The number of nitrogens with zero attached hydrogens (tertiary/aromatic N) is 12. The molecule has 7 fully saturated rings. The molecular formula is C94H97F2N15O8S. The van der Waals surface area contributed by atoms with Crippen LogP contribution in [-0.2, 0) is 21.0 Å². The van der Waals surface area contributed by atoms with Gasteiger partial charge in [0.2, 0.25) is 0 Å². The highest BCUT2D eigenvalue weighted by Crippen LogP contribution is 2.42. The number of halogens is 2. The number of sulfone groups is 1. The van der Waals surface area contributed by atoms with Crippen LogP contribution in [0, 0.1) is 39.9 Å². The summed E-state index contributed by atoms with van der Waals surface area (Å²) < 4.78 is 84.3. The van der Waals surface area contributed by atoms with Crippen molar-refractivity contribution in [2.24, 2.45) is 5.92 Å². The number of anilines is 2. The standard InChI is InChI=1S/C33H35N5O5S.C31H32F2N6O.C30H30N4O2/c1-41-32-17-22(2-4-30(32)38-12-10-37(11-13-38)25-20-42-21-25)29-18-27-28(36-29)6-9-35-33(27)23-3-5-31(24(16-23)19-34)43-26-7-14-44(39,40)15-8-26;32-30(33)19-38-11-13-39(14-12-38)25-4-1-21(2-5-25)23-16-27-28(17-23)36-20-37-31(27)22-3-6-29(24(15-22)18-34)40-26-7-9-35-10-8-26;31-19-24-17-23(7-10-29(24)36-20-21-3-4-21)30-26-18-28(33-27(26)11-12-32-30)22-5-8-25(9-6-22)35-16-15-34-13-1-2-14-34/h2-6,9,16-18,25-26,36H,7-8,10-15,20-21H2,1H3;1-6,15-16,20,26,30,35H,7-14,17,19H2;5-12,17-18,21,33H,1-4,13-16,20H2. The van der Waals surface area contributed by atoms with Crippen LogP contribution < -0.4 is 38.8 Å². The van der Waals surface area contributed by atoms with Crippen molar-refractivity contribution in [1.82, 2.24) is 49.9 Å². The van der Waals surface area contributed by atoms with E-state index in [2.05, 4.69) is 146 Å². The highest BCUT2D eigenvalue weighted by molar-refractivity contribution is 7.91. The summed E-state index contributed by atoms with van der Waals surface area (Å²) in [6, 6.07) is 55.5. The average molecular weight is 1630 g/mol. The molecule has 23 nitrogen and oxygen atoms in total. The Balaban J connectivity index is 0.000000129. The largest absolute Gasteiger partial charge is 0.495 e. The van der Waals surface area contributed by atoms with Crippen molar-refractivity contribution in [3.63, 3.8) is 0 Å². The fourth-order valence-corrected chi connectivity index (χ4v) is 18.4. The van der Waals surface area contributed by atoms with Gasteiger partial charge in [0.05, 0.1) is 96.2 Å². The number of pyridine rings is 2. The Hall–Kier alpha value is -11.8. The molecule has 120 heavy (non-hydrogen) atoms. The van der Waals surface area contributed by atoms with Crippen LogP contribution in [0.3, 0.4) is 0 Å². The monoisotopic (exact) mass is 1630 g/mol. The number of piperazine rings is 2. The third kappa shape index (κ3) is 18.9. The highest BCUT2D eigenvalue weighted by atomic mass is 32.2. The van der Waals surface area contributed by atoms with Crippen LogP contribution in [0.2, 0.25) is 0 Å². The van der Waals surface area contributed by atoms with E-state index in [9.17, 15) is 33.0 Å². The van der Waals surface area contributed by atoms with Crippen LogP contribution >= 0.6 is 0 Å². The molecule has 11 heterocycles. The van der Waals surface area contributed by atoms with E-state index in [0.29, 0.717) is 84.9 Å². The second kappa shape index (κ2) is 36.8. The van der Waals surface area contributed by atoms with Gasteiger partial charge in [0.25, 0.3) is 6.43 Å². The number of benzene rings is 6. The number of nitriles is 3. The second-order valence-electron chi connectivity index (χ2n) is 32.0. The molecule has 0 bridgehead atoms. The van der Waals surface area contributed by atoms with Gasteiger partial charge in [-0.3, -0.25) is 24.7 Å². The average Bonchev–Trinajstić information content (AvgIpc) is 1.62. The number of piperidine rings is 1. The van der Waals surface area contributed by atoms with Gasteiger partial charge in [0, 0.05) is 144 Å². The third-order valence-corrected chi connectivity index (χ3v) is 25.8. The number of nitrogens with one attached hydrogen (secondary N) is 3. The number of ether oxygens (including phenoxy) is 6. The smallest absolute Gasteiger partial charge is 0.251 e. The van der Waals surface area contributed by atoms with Gasteiger partial charge in [-0.2, -0.15) is 15.8 Å². The molecule has 0 spiro atoms. The molecule has 616 valence electrons. The van der Waals surface area contributed by atoms with Crippen LogP contribution in [0.1, 0.15) is 84.9 Å². The van der Waals surface area contributed by atoms with Crippen molar-refractivity contribution >= 4 is 54.7 Å². The Morgan fingerprint density at radius 3 is 1.71 bits per heavy atom. The van der Waals surface area contributed by atoms with Crippen LogP contribution in [0.15, 0.2) is 164 Å². The van der Waals surface area contributed by atoms with E-state index in [0.717, 1.165) is 215 Å². The predicted molar refractivity (Wildman–Crippen MR) is 461 cm³/mol. The van der Waals surface area contributed by atoms with Crippen molar-refractivity contribution < 1.29 is 45.6 Å². The predicted octanol–water partition coefficient (Wildman–Crippen LogP) is 14.9. The number of rotatable bonds is 23. The Bertz CT molecular complexity index is 5750. The number of allylic oxidation sites excluding steroid dienone is 1. The molecule has 0 atom stereocenters. The van der Waals surface area contributed by atoms with Gasteiger partial charge in [-0.25, -0.2) is 27.2 Å². The zero-order valence-corrected chi connectivity index (χ0v) is 68.2. The summed E-state index contributed by atoms with van der Waals surface area (Å²) in [5, 5.41) is 34.8. The molecule has 26 heteroatoms. The van der Waals surface area contributed by atoms with Gasteiger partial charge in [0.15, 0.2) is 9.84 Å². The summed E-state index contributed by atoms with van der Waals surface area (Å²) in [5.41, 5.74) is 18.9. The van der Waals surface area contributed by atoms with Crippen LogP contribution in [0.25, 0.3) is 89.7 Å². The molecule has 2 aliphatic carbocycles. The summed E-state index contributed by atoms with van der Waals surface area (Å²) in [7, 11) is -1.27. The molecule has 0 unspecified atom stereocenters. The maximum atomic E-state index is 12.7. The molecule has 8 aliphatic rings. The Morgan fingerprint density at radius 2 is 1.12 bits per heavy atom. The highest BCUT2D eigenvalue weighted by Gasteiger charge is 2.32. The van der Waals surface area contributed by atoms with Crippen LogP contribution in [0.5, 0.6) is 28.7 Å². The van der Waals surface area contributed by atoms with Crippen molar-refractivity contribution in [2.45, 2.75) is 82.5 Å². The normalized spacial score (nSPS) is 17.8. The summed E-state index contributed by atoms with van der Waals surface area (Å²) in [5.74, 6) is 4.33. The zero-order valence-electron chi connectivity index (χ0n) is 67.4. The second-order valence-corrected chi connectivity index (χ2v) is 34.3. The molecule has 0 radical (unpaired) electrons. The van der Waals surface area contributed by atoms with Gasteiger partial charge < -0.3 is 53.5 Å². The Morgan fingerprint density at radius 1 is 0.550 bits per heavy atom. The van der Waals surface area contributed by atoms with Crippen LogP contribution in [0.4, 0.5) is 20.2 Å². The lowest BCUT2D eigenvalue weighted by Crippen LogP contribution is -2.56. The first-order valence-corrected chi connectivity index (χ1v) is 43.6. The number of hydrogen-bond acceptors (Lipinski definition) is 21. The molecule has 19 rings (SSSR count). The molecule has 5 aromatic heterocycles. The summed E-state index contributed by atoms with van der Waals surface area (Å²) in [6.07, 6.45) is 13.4. The first-order valence-electron chi connectivity index (χ1n) is 41.8. The maximum absolute atomic E-state index is 12.7. The minimum Gasteiger partial charge on any atom is -0.495 e. The molecule has 0 amide bonds. The molecule has 11 aromatic rings. The first kappa shape index (κ1) is 80.6. The number of hydrogen-bond donors (Lipinski definition) is 3. The van der Waals surface area contributed by atoms with E-state index in [1.54, 1.807) is 38.0 Å². The van der Waals surface area contributed by atoms with Gasteiger partial charge >= 0.3 is 0 Å². The lowest BCUT2D eigenvalue weighted by atomic mass is 10.0. The Labute approximate surface area is 698 Å². The van der Waals surface area contributed by atoms with Crippen molar-refractivity contribution in [3.8, 4) is 103 Å². The van der Waals surface area contributed by atoms with Crippen molar-refractivity contribution in [3.05, 3.63) is 198 Å². The minimum atomic E-state index is -2.99. The SMILES string of the molecule is COc1cc(-c2cc3c(-c4ccc(OC5CCS(=O)(=O)CC5)c(C#N)c4)nccc3[nH]2)ccc1N1CCN(C2COC2)CC1.N#Cc1cc(-c2nccc3[nH]c(-c4ccc(OCCN5CCCC5)cc4)cc23)ccc1OCC1CC1.N#Cc1cc(-c2ncnc3c2C=C(c2ccc(N4CCN(CC(F)F)CC4)cc2)C3)ccc1OC1CCNCC1. The topological polar surface area (TPSA) is 272 Å². The van der Waals surface area contributed by atoms with E-state index in [1.807, 2.05) is 71.6 Å². The fourth-order valence-electron chi connectivity index (χ4n) is 17.0. The van der Waals surface area contributed by atoms with Crippen LogP contribution in [-0.4, -0.2) is 214 Å². The summed E-state index contributed by atoms with van der Waals surface area (Å²) in [4.78, 5) is 37.0. The van der Waals surface area contributed by atoms with E-state index < -0.39 is 16.3 Å². The minimum absolute atomic E-state index is 0.113. The summed E-state index contributed by atoms with van der Waals surface area (Å²) >= 11 is 0. The van der Waals surface area contributed by atoms with E-state index in [-0.39, 0.29) is 30.3 Å². The number of aromatic amines is 2. The van der Waals surface area contributed by atoms with Gasteiger partial charge in [-0.1, -0.05) is 18.2 Å².